The average molecular weight is 220 g/mol. The van der Waals surface area contributed by atoms with Gasteiger partial charge < -0.3 is 10.1 Å². The molecule has 86 valence electrons. The number of hydrogen-bond acceptors (Lipinski definition) is 3. The number of rotatable bonds is 3. The molecule has 0 saturated carbocycles. The van der Waals surface area contributed by atoms with Crippen LogP contribution in [-0.2, 0) is 16.1 Å². The Morgan fingerprint density at radius 3 is 2.94 bits per heavy atom. The molecule has 4 nitrogen and oxygen atoms in total. The molecule has 0 aromatic carbocycles. The summed E-state index contributed by atoms with van der Waals surface area (Å²) in [6, 6.07) is 3.78. The number of nitrogens with zero attached hydrogens (tertiary/aromatic N) is 1. The topological polar surface area (TPSA) is 51.2 Å². The van der Waals surface area contributed by atoms with Gasteiger partial charge in [0.05, 0.1) is 0 Å². The molecule has 16 heavy (non-hydrogen) atoms. The van der Waals surface area contributed by atoms with Crippen molar-refractivity contribution < 1.29 is 9.53 Å². The van der Waals surface area contributed by atoms with Crippen LogP contribution in [0.2, 0.25) is 0 Å². The van der Waals surface area contributed by atoms with E-state index >= 15 is 0 Å². The van der Waals surface area contributed by atoms with E-state index in [1.54, 1.807) is 12.4 Å². The van der Waals surface area contributed by atoms with Crippen LogP contribution >= 0.6 is 0 Å². The smallest absolute Gasteiger partial charge is 0.249 e. The SMILES string of the molecule is O=C(NCc1ccncc1)C1CCCCO1. The van der Waals surface area contributed by atoms with E-state index in [2.05, 4.69) is 10.3 Å². The van der Waals surface area contributed by atoms with Crippen molar-refractivity contribution in [3.05, 3.63) is 30.1 Å². The second kappa shape index (κ2) is 5.61. The van der Waals surface area contributed by atoms with Gasteiger partial charge >= 0.3 is 0 Å². The van der Waals surface area contributed by atoms with Gasteiger partial charge in [0, 0.05) is 25.5 Å². The Kier molecular flexibility index (Phi) is 3.88. The minimum Gasteiger partial charge on any atom is -0.368 e. The van der Waals surface area contributed by atoms with E-state index in [1.807, 2.05) is 12.1 Å². The zero-order chi connectivity index (χ0) is 11.2. The lowest BCUT2D eigenvalue weighted by Crippen LogP contribution is -2.37. The van der Waals surface area contributed by atoms with E-state index in [0.717, 1.165) is 24.8 Å². The van der Waals surface area contributed by atoms with Crippen molar-refractivity contribution in [3.8, 4) is 0 Å². The summed E-state index contributed by atoms with van der Waals surface area (Å²) in [7, 11) is 0. The third-order valence-electron chi connectivity index (χ3n) is 2.69. The number of nitrogens with one attached hydrogen (secondary N) is 1. The Hall–Kier alpha value is -1.42. The van der Waals surface area contributed by atoms with Crippen LogP contribution in [0.5, 0.6) is 0 Å². The average Bonchev–Trinajstić information content (AvgIpc) is 2.38. The van der Waals surface area contributed by atoms with Gasteiger partial charge in [0.1, 0.15) is 6.10 Å². The standard InChI is InChI=1S/C12H16N2O2/c15-12(11-3-1-2-8-16-11)14-9-10-4-6-13-7-5-10/h4-7,11H,1-3,8-9H2,(H,14,15). The van der Waals surface area contributed by atoms with Crippen LogP contribution in [0.15, 0.2) is 24.5 Å². The zero-order valence-corrected chi connectivity index (χ0v) is 9.19. The second-order valence-corrected chi connectivity index (χ2v) is 3.93. The normalized spacial score (nSPS) is 20.4. The maximum absolute atomic E-state index is 11.7. The van der Waals surface area contributed by atoms with Crippen molar-refractivity contribution in [2.45, 2.75) is 31.9 Å². The summed E-state index contributed by atoms with van der Waals surface area (Å²) >= 11 is 0. The van der Waals surface area contributed by atoms with Crippen molar-refractivity contribution in [1.29, 1.82) is 0 Å². The van der Waals surface area contributed by atoms with Gasteiger partial charge in [-0.2, -0.15) is 0 Å². The van der Waals surface area contributed by atoms with Gasteiger partial charge in [-0.15, -0.1) is 0 Å². The maximum atomic E-state index is 11.7. The number of pyridine rings is 1. The summed E-state index contributed by atoms with van der Waals surface area (Å²) < 4.78 is 5.40. The van der Waals surface area contributed by atoms with Gasteiger partial charge in [-0.3, -0.25) is 9.78 Å². The van der Waals surface area contributed by atoms with Crippen molar-refractivity contribution in [2.24, 2.45) is 0 Å². The third kappa shape index (κ3) is 3.03. The van der Waals surface area contributed by atoms with E-state index in [9.17, 15) is 4.79 Å². The van der Waals surface area contributed by atoms with Gasteiger partial charge in [0.2, 0.25) is 5.91 Å². The number of amides is 1. The quantitative estimate of drug-likeness (QED) is 0.834. The van der Waals surface area contributed by atoms with Gasteiger partial charge in [0.25, 0.3) is 0 Å². The lowest BCUT2D eigenvalue weighted by molar-refractivity contribution is -0.135. The predicted molar refractivity (Wildman–Crippen MR) is 59.7 cm³/mol. The second-order valence-electron chi connectivity index (χ2n) is 3.93. The Balaban J connectivity index is 1.79. The lowest BCUT2D eigenvalue weighted by Gasteiger charge is -2.21. The molecule has 4 heteroatoms. The summed E-state index contributed by atoms with van der Waals surface area (Å²) in [5.41, 5.74) is 1.05. The molecule has 1 amide bonds. The van der Waals surface area contributed by atoms with E-state index in [-0.39, 0.29) is 12.0 Å². The van der Waals surface area contributed by atoms with Crippen molar-refractivity contribution in [2.75, 3.05) is 6.61 Å². The van der Waals surface area contributed by atoms with Crippen molar-refractivity contribution >= 4 is 5.91 Å². The summed E-state index contributed by atoms with van der Waals surface area (Å²) in [5, 5.41) is 2.88. The molecule has 1 aromatic rings. The number of carbonyl (C=O) groups is 1. The molecule has 0 bridgehead atoms. The van der Waals surface area contributed by atoms with Crippen LogP contribution in [0.1, 0.15) is 24.8 Å². The highest BCUT2D eigenvalue weighted by atomic mass is 16.5. The number of carbonyl (C=O) groups excluding carboxylic acids is 1. The molecule has 1 aliphatic heterocycles. The predicted octanol–water partition coefficient (Wildman–Crippen LogP) is 1.27. The van der Waals surface area contributed by atoms with Crippen LogP contribution in [0, 0.1) is 0 Å². The minimum atomic E-state index is -0.254. The van der Waals surface area contributed by atoms with E-state index in [0.29, 0.717) is 13.2 Å². The first-order valence-corrected chi connectivity index (χ1v) is 5.64. The number of ether oxygens (including phenoxy) is 1. The fourth-order valence-electron chi connectivity index (χ4n) is 1.75. The van der Waals surface area contributed by atoms with Crippen LogP contribution in [0.3, 0.4) is 0 Å². The van der Waals surface area contributed by atoms with E-state index < -0.39 is 0 Å². The molecule has 1 atom stereocenters. The first kappa shape index (κ1) is 11.1. The van der Waals surface area contributed by atoms with Crippen molar-refractivity contribution in [3.63, 3.8) is 0 Å². The zero-order valence-electron chi connectivity index (χ0n) is 9.19. The highest BCUT2D eigenvalue weighted by Crippen LogP contribution is 2.12. The lowest BCUT2D eigenvalue weighted by atomic mass is 10.1. The van der Waals surface area contributed by atoms with Crippen LogP contribution in [0.25, 0.3) is 0 Å². The highest BCUT2D eigenvalue weighted by Gasteiger charge is 2.21. The molecule has 0 radical (unpaired) electrons. The number of aromatic nitrogens is 1. The molecule has 1 aromatic heterocycles. The fraction of sp³-hybridized carbons (Fsp3) is 0.500. The molecule has 1 saturated heterocycles. The summed E-state index contributed by atoms with van der Waals surface area (Å²) in [6.45, 7) is 1.24. The molecule has 2 heterocycles. The summed E-state index contributed by atoms with van der Waals surface area (Å²) in [4.78, 5) is 15.6. The highest BCUT2D eigenvalue weighted by molar-refractivity contribution is 5.80. The monoisotopic (exact) mass is 220 g/mol. The van der Waals surface area contributed by atoms with Gasteiger partial charge in [-0.25, -0.2) is 0 Å². The maximum Gasteiger partial charge on any atom is 0.249 e. The molecule has 1 fully saturated rings. The largest absolute Gasteiger partial charge is 0.368 e. The molecular formula is C12H16N2O2. The molecule has 1 N–H and O–H groups in total. The van der Waals surface area contributed by atoms with Gasteiger partial charge in [-0.1, -0.05) is 0 Å². The van der Waals surface area contributed by atoms with Gasteiger partial charge in [0.15, 0.2) is 0 Å². The van der Waals surface area contributed by atoms with Crippen LogP contribution < -0.4 is 5.32 Å². The first-order chi connectivity index (χ1) is 7.86. The van der Waals surface area contributed by atoms with E-state index in [4.69, 9.17) is 4.74 Å². The first-order valence-electron chi connectivity index (χ1n) is 5.64. The van der Waals surface area contributed by atoms with Crippen molar-refractivity contribution in [1.82, 2.24) is 10.3 Å². The Labute approximate surface area is 95.0 Å². The molecule has 1 aliphatic rings. The fourth-order valence-corrected chi connectivity index (χ4v) is 1.75. The molecular weight excluding hydrogens is 204 g/mol. The Morgan fingerprint density at radius 1 is 1.44 bits per heavy atom. The molecule has 0 spiro atoms. The van der Waals surface area contributed by atoms with Gasteiger partial charge in [-0.05, 0) is 37.0 Å². The molecule has 1 unspecified atom stereocenters. The molecule has 0 aliphatic carbocycles. The third-order valence-corrected chi connectivity index (χ3v) is 2.69. The van der Waals surface area contributed by atoms with Crippen LogP contribution in [-0.4, -0.2) is 23.6 Å². The van der Waals surface area contributed by atoms with Crippen LogP contribution in [0.4, 0.5) is 0 Å². The Bertz CT molecular complexity index is 334. The molecule has 2 rings (SSSR count). The minimum absolute atomic E-state index is 0.00323. The number of hydrogen-bond donors (Lipinski definition) is 1. The summed E-state index contributed by atoms with van der Waals surface area (Å²) in [6.07, 6.45) is 6.16. The summed E-state index contributed by atoms with van der Waals surface area (Å²) in [5.74, 6) is -0.00323. The Morgan fingerprint density at radius 2 is 2.25 bits per heavy atom. The van der Waals surface area contributed by atoms with E-state index in [1.165, 1.54) is 0 Å².